The third kappa shape index (κ3) is 5.65. The minimum absolute atomic E-state index is 0.0218. The highest BCUT2D eigenvalue weighted by Gasteiger charge is 2.35. The van der Waals surface area contributed by atoms with Crippen molar-refractivity contribution in [2.75, 3.05) is 20.8 Å². The normalized spacial score (nSPS) is 14.7. The third-order valence-corrected chi connectivity index (χ3v) is 8.68. The highest BCUT2D eigenvalue weighted by molar-refractivity contribution is 9.10. The number of fused-ring (bicyclic) bond motifs is 1. The monoisotopic (exact) mass is 686 g/mol. The average Bonchev–Trinajstić information content (AvgIpc) is 3.56. The number of hydrogen-bond acceptors (Lipinski definition) is 9. The molecule has 10 nitrogen and oxygen atoms in total. The Morgan fingerprint density at radius 3 is 2.53 bits per heavy atom. The highest BCUT2D eigenvalue weighted by Crippen LogP contribution is 2.40. The number of thiazole rings is 1. The molecule has 0 bridgehead atoms. The van der Waals surface area contributed by atoms with Crippen molar-refractivity contribution in [3.8, 4) is 22.8 Å². The second-order valence-electron chi connectivity index (χ2n) is 9.23. The molecule has 0 saturated carbocycles. The van der Waals surface area contributed by atoms with Gasteiger partial charge in [0.05, 0.1) is 53.3 Å². The van der Waals surface area contributed by atoms with Crippen LogP contribution >= 0.6 is 38.9 Å². The van der Waals surface area contributed by atoms with Crippen LogP contribution in [0.5, 0.6) is 11.5 Å². The molecule has 0 radical (unpaired) electrons. The van der Waals surface area contributed by atoms with Crippen LogP contribution in [0.2, 0.25) is 5.02 Å². The van der Waals surface area contributed by atoms with Crippen LogP contribution in [0, 0.1) is 0 Å². The molecule has 0 fully saturated rings. The van der Waals surface area contributed by atoms with Crippen molar-refractivity contribution in [3.63, 3.8) is 0 Å². The van der Waals surface area contributed by atoms with Gasteiger partial charge in [0.15, 0.2) is 16.3 Å². The molecule has 222 valence electrons. The van der Waals surface area contributed by atoms with Crippen molar-refractivity contribution in [2.24, 2.45) is 4.99 Å². The Morgan fingerprint density at radius 1 is 1.16 bits per heavy atom. The fourth-order valence-electron chi connectivity index (χ4n) is 4.72. The molecule has 1 N–H and O–H groups in total. The number of carboxylic acid groups (broad SMARTS) is 1. The molecule has 1 atom stereocenters. The molecule has 1 aliphatic heterocycles. The minimum atomic E-state index is -1.13. The van der Waals surface area contributed by atoms with Gasteiger partial charge in [-0.05, 0) is 55.8 Å². The van der Waals surface area contributed by atoms with Gasteiger partial charge in [-0.25, -0.2) is 14.6 Å². The van der Waals surface area contributed by atoms with Crippen molar-refractivity contribution in [1.29, 1.82) is 0 Å². The van der Waals surface area contributed by atoms with E-state index in [4.69, 9.17) is 30.2 Å². The zero-order valence-corrected chi connectivity index (χ0v) is 26.4. The summed E-state index contributed by atoms with van der Waals surface area (Å²) in [4.78, 5) is 43.5. The zero-order chi connectivity index (χ0) is 31.0. The summed E-state index contributed by atoms with van der Waals surface area (Å²) in [5.74, 6) is -0.0224. The molecular weight excluding hydrogens is 664 g/mol. The number of allylic oxidation sites excluding steroid dienone is 1. The van der Waals surface area contributed by atoms with E-state index in [2.05, 4.69) is 20.9 Å². The van der Waals surface area contributed by atoms with E-state index in [1.807, 2.05) is 0 Å². The van der Waals surface area contributed by atoms with E-state index in [9.17, 15) is 19.5 Å². The van der Waals surface area contributed by atoms with E-state index in [1.165, 1.54) is 30.9 Å². The SMILES string of the molecule is CCOC(=O)C1=C(C)N=c2s/c(=C\c3ccc(-c4ccc(C(=O)O)c(Cl)c4)o3)c(=O)n2[C@@H]1c1cc(OC)c(OC)cc1Br. The first-order chi connectivity index (χ1) is 20.6. The number of carbonyl (C=O) groups excluding carboxylic acids is 1. The number of carboxylic acids is 1. The lowest BCUT2D eigenvalue weighted by Gasteiger charge is -2.26. The Morgan fingerprint density at radius 2 is 1.88 bits per heavy atom. The first-order valence-corrected chi connectivity index (χ1v) is 14.8. The second kappa shape index (κ2) is 12.2. The lowest BCUT2D eigenvalue weighted by Crippen LogP contribution is -2.40. The lowest BCUT2D eigenvalue weighted by atomic mass is 9.95. The van der Waals surface area contributed by atoms with Crippen molar-refractivity contribution in [3.05, 3.63) is 99.8 Å². The second-order valence-corrected chi connectivity index (χ2v) is 11.5. The van der Waals surface area contributed by atoms with Crippen LogP contribution in [0.25, 0.3) is 17.4 Å². The van der Waals surface area contributed by atoms with E-state index >= 15 is 0 Å². The van der Waals surface area contributed by atoms with Gasteiger partial charge in [0.2, 0.25) is 0 Å². The first-order valence-electron chi connectivity index (χ1n) is 12.8. The Bertz CT molecular complexity index is 1990. The van der Waals surface area contributed by atoms with Gasteiger partial charge < -0.3 is 23.7 Å². The molecule has 5 rings (SSSR count). The molecule has 0 saturated heterocycles. The predicted molar refractivity (Wildman–Crippen MR) is 164 cm³/mol. The maximum absolute atomic E-state index is 14.0. The maximum atomic E-state index is 14.0. The number of nitrogens with zero attached hydrogens (tertiary/aromatic N) is 2. The van der Waals surface area contributed by atoms with Crippen molar-refractivity contribution < 1.29 is 33.3 Å². The van der Waals surface area contributed by atoms with Gasteiger partial charge in [0, 0.05) is 16.1 Å². The quantitative estimate of drug-likeness (QED) is 0.251. The van der Waals surface area contributed by atoms with Crippen molar-refractivity contribution in [1.82, 2.24) is 4.57 Å². The molecule has 3 heterocycles. The molecule has 0 unspecified atom stereocenters. The molecule has 0 aliphatic carbocycles. The number of ether oxygens (including phenoxy) is 3. The van der Waals surface area contributed by atoms with E-state index in [0.29, 0.717) is 53.6 Å². The topological polar surface area (TPSA) is 130 Å². The van der Waals surface area contributed by atoms with Gasteiger partial charge in [0.25, 0.3) is 5.56 Å². The van der Waals surface area contributed by atoms with E-state index in [-0.39, 0.29) is 22.8 Å². The van der Waals surface area contributed by atoms with Gasteiger partial charge in [-0.3, -0.25) is 9.36 Å². The van der Waals surface area contributed by atoms with Crippen LogP contribution < -0.4 is 24.4 Å². The molecule has 0 amide bonds. The Hall–Kier alpha value is -4.13. The fourth-order valence-corrected chi connectivity index (χ4v) is 6.55. The Kier molecular flexibility index (Phi) is 8.63. The summed E-state index contributed by atoms with van der Waals surface area (Å²) in [6.45, 7) is 3.55. The maximum Gasteiger partial charge on any atom is 0.338 e. The van der Waals surface area contributed by atoms with Gasteiger partial charge in [-0.1, -0.05) is 44.9 Å². The molecule has 13 heteroatoms. The summed E-state index contributed by atoms with van der Waals surface area (Å²) in [6, 6.07) is 10.4. The number of aromatic carboxylic acids is 1. The molecular formula is C30H24BrClN2O8S. The van der Waals surface area contributed by atoms with Crippen LogP contribution in [-0.4, -0.2) is 42.4 Å². The standard InChI is InChI=1S/C30H24BrClN2O8S/c1-5-41-29(38)25-14(2)33-30-34(26(25)18-12-22(39-3)23(40-4)13-19(18)31)27(35)24(43-30)11-16-7-9-21(42-16)15-6-8-17(28(36)37)20(32)10-15/h6-13,26H,5H2,1-4H3,(H,36,37)/b24-11-/t26-/m1/s1. The van der Waals surface area contributed by atoms with E-state index < -0.39 is 23.5 Å². The molecule has 1 aliphatic rings. The summed E-state index contributed by atoms with van der Waals surface area (Å²) in [5, 5.41) is 9.32. The Balaban J connectivity index is 1.65. The minimum Gasteiger partial charge on any atom is -0.493 e. The van der Waals surface area contributed by atoms with Crippen molar-refractivity contribution >= 4 is 56.9 Å². The predicted octanol–water partition coefficient (Wildman–Crippen LogP) is 5.19. The summed E-state index contributed by atoms with van der Waals surface area (Å²) >= 11 is 10.9. The summed E-state index contributed by atoms with van der Waals surface area (Å²) in [6.07, 6.45) is 1.59. The summed E-state index contributed by atoms with van der Waals surface area (Å²) in [5.41, 5.74) is 1.37. The van der Waals surface area contributed by atoms with Gasteiger partial charge in [-0.2, -0.15) is 0 Å². The van der Waals surface area contributed by atoms with Gasteiger partial charge in [-0.15, -0.1) is 0 Å². The first kappa shape index (κ1) is 30.3. The molecule has 2 aromatic heterocycles. The fraction of sp³-hybridized carbons (Fsp3) is 0.200. The van der Waals surface area contributed by atoms with Crippen LogP contribution in [0.15, 0.2) is 72.4 Å². The smallest absolute Gasteiger partial charge is 0.338 e. The van der Waals surface area contributed by atoms with Gasteiger partial charge >= 0.3 is 11.9 Å². The number of esters is 1. The lowest BCUT2D eigenvalue weighted by molar-refractivity contribution is -0.139. The number of carbonyl (C=O) groups is 2. The molecule has 0 spiro atoms. The summed E-state index contributed by atoms with van der Waals surface area (Å²) < 4.78 is 24.6. The number of aromatic nitrogens is 1. The molecule has 2 aromatic carbocycles. The summed E-state index contributed by atoms with van der Waals surface area (Å²) in [7, 11) is 3.02. The average molecular weight is 688 g/mol. The van der Waals surface area contributed by atoms with E-state index in [0.717, 1.165) is 11.3 Å². The number of methoxy groups -OCH3 is 2. The number of halogens is 2. The third-order valence-electron chi connectivity index (χ3n) is 6.70. The van der Waals surface area contributed by atoms with Crippen molar-refractivity contribution in [2.45, 2.75) is 19.9 Å². The zero-order valence-electron chi connectivity index (χ0n) is 23.3. The van der Waals surface area contributed by atoms with E-state index in [1.54, 1.807) is 50.3 Å². The van der Waals surface area contributed by atoms with Gasteiger partial charge in [0.1, 0.15) is 11.5 Å². The van der Waals surface area contributed by atoms with Crippen LogP contribution in [0.3, 0.4) is 0 Å². The largest absolute Gasteiger partial charge is 0.493 e. The molecule has 4 aromatic rings. The number of furan rings is 1. The Labute approximate surface area is 262 Å². The molecule has 43 heavy (non-hydrogen) atoms. The van der Waals surface area contributed by atoms with Crippen LogP contribution in [0.1, 0.15) is 41.6 Å². The number of hydrogen-bond donors (Lipinski definition) is 1. The van der Waals surface area contributed by atoms with Crippen LogP contribution in [0.4, 0.5) is 0 Å². The van der Waals surface area contributed by atoms with Crippen LogP contribution in [-0.2, 0) is 9.53 Å². The highest BCUT2D eigenvalue weighted by atomic mass is 79.9. The number of rotatable bonds is 8. The number of benzene rings is 2.